The Hall–Kier alpha value is -1.06. The summed E-state index contributed by atoms with van der Waals surface area (Å²) in [5.41, 5.74) is 1.65. The van der Waals surface area contributed by atoms with Gasteiger partial charge in [0.15, 0.2) is 0 Å². The molecule has 0 amide bonds. The van der Waals surface area contributed by atoms with Gasteiger partial charge in [0.25, 0.3) is 0 Å². The Morgan fingerprint density at radius 3 is 2.45 bits per heavy atom. The van der Waals surface area contributed by atoms with Gasteiger partial charge < -0.3 is 9.84 Å². The Morgan fingerprint density at radius 1 is 1.18 bits per heavy atom. The standard InChI is InChI=1S/C19H29NO2/c1-12-9-13(2)11-20(10-12)18-16(21)15-8-6-7-14(3)17(15)22-19(18,4)5/h6-8,12-13,16,18,21H,9-11H2,1-5H3. The summed E-state index contributed by atoms with van der Waals surface area (Å²) >= 11 is 0. The number of likely N-dealkylation sites (tertiary alicyclic amines) is 1. The number of piperidine rings is 1. The minimum atomic E-state index is -0.490. The van der Waals surface area contributed by atoms with Crippen LogP contribution in [0.2, 0.25) is 0 Å². The van der Waals surface area contributed by atoms with Crippen LogP contribution in [0.1, 0.15) is 51.3 Å². The maximum absolute atomic E-state index is 11.1. The zero-order chi connectivity index (χ0) is 16.1. The number of aryl methyl sites for hydroxylation is 1. The highest BCUT2D eigenvalue weighted by Crippen LogP contribution is 2.44. The second kappa shape index (κ2) is 5.54. The summed E-state index contributed by atoms with van der Waals surface area (Å²) < 4.78 is 6.36. The average Bonchev–Trinajstić information content (AvgIpc) is 2.38. The zero-order valence-electron chi connectivity index (χ0n) is 14.5. The molecule has 0 radical (unpaired) electrons. The lowest BCUT2D eigenvalue weighted by atomic mass is 9.81. The molecule has 22 heavy (non-hydrogen) atoms. The van der Waals surface area contributed by atoms with Crippen LogP contribution in [0, 0.1) is 18.8 Å². The highest BCUT2D eigenvalue weighted by atomic mass is 16.5. The highest BCUT2D eigenvalue weighted by Gasteiger charge is 2.47. The Kier molecular flexibility index (Phi) is 3.98. The first-order valence-electron chi connectivity index (χ1n) is 8.50. The third kappa shape index (κ3) is 2.65. The molecular formula is C19H29NO2. The lowest BCUT2D eigenvalue weighted by Crippen LogP contribution is -2.60. The van der Waals surface area contributed by atoms with Crippen LogP contribution in [0.15, 0.2) is 18.2 Å². The third-order valence-electron chi connectivity index (χ3n) is 5.23. The fraction of sp³-hybridized carbons (Fsp3) is 0.684. The van der Waals surface area contributed by atoms with Gasteiger partial charge in [-0.3, -0.25) is 4.90 Å². The van der Waals surface area contributed by atoms with E-state index < -0.39 is 11.7 Å². The molecule has 1 saturated heterocycles. The van der Waals surface area contributed by atoms with E-state index in [4.69, 9.17) is 4.74 Å². The van der Waals surface area contributed by atoms with Crippen LogP contribution in [0.5, 0.6) is 5.75 Å². The number of hydrogen-bond donors (Lipinski definition) is 1. The molecule has 2 aliphatic rings. The Bertz CT molecular complexity index is 544. The largest absolute Gasteiger partial charge is 0.485 e. The topological polar surface area (TPSA) is 32.7 Å². The van der Waals surface area contributed by atoms with Crippen LogP contribution < -0.4 is 4.74 Å². The number of aliphatic hydroxyl groups excluding tert-OH is 1. The maximum Gasteiger partial charge on any atom is 0.128 e. The van der Waals surface area contributed by atoms with E-state index in [9.17, 15) is 5.11 Å². The van der Waals surface area contributed by atoms with Gasteiger partial charge in [-0.05, 0) is 44.6 Å². The van der Waals surface area contributed by atoms with Crippen LogP contribution in [-0.2, 0) is 0 Å². The van der Waals surface area contributed by atoms with Crippen molar-refractivity contribution >= 4 is 0 Å². The normalized spacial score (nSPS) is 34.8. The number of benzene rings is 1. The molecule has 3 nitrogen and oxygen atoms in total. The Balaban J connectivity index is 1.97. The van der Waals surface area contributed by atoms with Crippen molar-refractivity contribution in [1.82, 2.24) is 4.90 Å². The molecule has 1 N–H and O–H groups in total. The molecule has 3 rings (SSSR count). The number of nitrogens with zero attached hydrogens (tertiary/aromatic N) is 1. The number of para-hydroxylation sites is 1. The first-order chi connectivity index (χ1) is 10.3. The number of aliphatic hydroxyl groups is 1. The van der Waals surface area contributed by atoms with Crippen molar-refractivity contribution in [2.75, 3.05) is 13.1 Å². The molecule has 2 aliphatic heterocycles. The third-order valence-corrected chi connectivity index (χ3v) is 5.23. The Morgan fingerprint density at radius 2 is 1.82 bits per heavy atom. The smallest absolute Gasteiger partial charge is 0.128 e. The van der Waals surface area contributed by atoms with Gasteiger partial charge in [0, 0.05) is 18.7 Å². The number of hydrogen-bond acceptors (Lipinski definition) is 3. The van der Waals surface area contributed by atoms with Gasteiger partial charge in [0.1, 0.15) is 17.5 Å². The van der Waals surface area contributed by atoms with Crippen molar-refractivity contribution in [3.8, 4) is 5.75 Å². The molecule has 1 aromatic carbocycles. The van der Waals surface area contributed by atoms with Gasteiger partial charge in [-0.25, -0.2) is 0 Å². The summed E-state index contributed by atoms with van der Waals surface area (Å²) in [4.78, 5) is 2.45. The SMILES string of the molecule is Cc1cccc2c1OC(C)(C)C(N1CC(C)CC(C)C1)C2O. The van der Waals surface area contributed by atoms with Crippen molar-refractivity contribution in [3.05, 3.63) is 29.3 Å². The molecule has 3 heteroatoms. The maximum atomic E-state index is 11.1. The molecule has 0 aromatic heterocycles. The van der Waals surface area contributed by atoms with Crippen LogP contribution >= 0.6 is 0 Å². The van der Waals surface area contributed by atoms with Gasteiger partial charge in [-0.1, -0.05) is 32.0 Å². The lowest BCUT2D eigenvalue weighted by Gasteiger charge is -2.51. The summed E-state index contributed by atoms with van der Waals surface area (Å²) in [7, 11) is 0. The minimum absolute atomic E-state index is 0.00648. The highest BCUT2D eigenvalue weighted by molar-refractivity contribution is 5.45. The predicted octanol–water partition coefficient (Wildman–Crippen LogP) is 3.55. The van der Waals surface area contributed by atoms with E-state index in [2.05, 4.69) is 32.6 Å². The van der Waals surface area contributed by atoms with Crippen LogP contribution in [0.4, 0.5) is 0 Å². The van der Waals surface area contributed by atoms with Gasteiger partial charge in [0.05, 0.1) is 6.04 Å². The summed E-state index contributed by atoms with van der Waals surface area (Å²) in [5.74, 6) is 2.21. The first-order valence-corrected chi connectivity index (χ1v) is 8.50. The Labute approximate surface area is 134 Å². The number of rotatable bonds is 1. The van der Waals surface area contributed by atoms with Gasteiger partial charge >= 0.3 is 0 Å². The molecule has 4 atom stereocenters. The van der Waals surface area contributed by atoms with E-state index in [1.165, 1.54) is 6.42 Å². The zero-order valence-corrected chi connectivity index (χ0v) is 14.5. The second-order valence-electron chi connectivity index (χ2n) is 7.99. The summed E-state index contributed by atoms with van der Waals surface area (Å²) in [6, 6.07) is 6.07. The van der Waals surface area contributed by atoms with Crippen molar-refractivity contribution in [2.24, 2.45) is 11.8 Å². The van der Waals surface area contributed by atoms with Gasteiger partial charge in [-0.15, -0.1) is 0 Å². The van der Waals surface area contributed by atoms with E-state index >= 15 is 0 Å². The van der Waals surface area contributed by atoms with E-state index in [1.807, 2.05) is 25.1 Å². The van der Waals surface area contributed by atoms with E-state index in [-0.39, 0.29) is 6.04 Å². The van der Waals surface area contributed by atoms with Crippen molar-refractivity contribution in [1.29, 1.82) is 0 Å². The molecule has 122 valence electrons. The fourth-order valence-corrected chi connectivity index (χ4v) is 4.50. The van der Waals surface area contributed by atoms with Crippen LogP contribution in [0.25, 0.3) is 0 Å². The summed E-state index contributed by atoms with van der Waals surface area (Å²) in [6.45, 7) is 13.0. The number of ether oxygens (including phenoxy) is 1. The van der Waals surface area contributed by atoms with Crippen molar-refractivity contribution in [3.63, 3.8) is 0 Å². The lowest BCUT2D eigenvalue weighted by molar-refractivity contribution is -0.0978. The van der Waals surface area contributed by atoms with E-state index in [0.29, 0.717) is 11.8 Å². The molecule has 2 heterocycles. The summed E-state index contributed by atoms with van der Waals surface area (Å²) in [6.07, 6.45) is 0.784. The minimum Gasteiger partial charge on any atom is -0.485 e. The summed E-state index contributed by atoms with van der Waals surface area (Å²) in [5, 5.41) is 11.1. The van der Waals surface area contributed by atoms with Crippen molar-refractivity contribution < 1.29 is 9.84 Å². The molecule has 0 saturated carbocycles. The first kappa shape index (κ1) is 15.8. The molecule has 1 fully saturated rings. The predicted molar refractivity (Wildman–Crippen MR) is 89.2 cm³/mol. The second-order valence-corrected chi connectivity index (χ2v) is 7.99. The van der Waals surface area contributed by atoms with Gasteiger partial charge in [-0.2, -0.15) is 0 Å². The monoisotopic (exact) mass is 303 g/mol. The number of fused-ring (bicyclic) bond motifs is 1. The molecule has 0 spiro atoms. The average molecular weight is 303 g/mol. The fourth-order valence-electron chi connectivity index (χ4n) is 4.50. The quantitative estimate of drug-likeness (QED) is 0.861. The molecule has 4 unspecified atom stereocenters. The van der Waals surface area contributed by atoms with Crippen molar-refractivity contribution in [2.45, 2.75) is 58.8 Å². The molecule has 1 aromatic rings. The van der Waals surface area contributed by atoms with Gasteiger partial charge in [0.2, 0.25) is 0 Å². The molecule has 0 aliphatic carbocycles. The molecular weight excluding hydrogens is 274 g/mol. The molecule has 0 bridgehead atoms. The van der Waals surface area contributed by atoms with E-state index in [1.54, 1.807) is 0 Å². The van der Waals surface area contributed by atoms with E-state index in [0.717, 1.165) is 30.0 Å². The van der Waals surface area contributed by atoms with Crippen LogP contribution in [0.3, 0.4) is 0 Å². The van der Waals surface area contributed by atoms with Crippen LogP contribution in [-0.4, -0.2) is 34.7 Å².